The van der Waals surface area contributed by atoms with Crippen LogP contribution in [-0.4, -0.2) is 183 Å². The maximum atomic E-state index is 14.1. The van der Waals surface area contributed by atoms with Crippen LogP contribution in [0.15, 0.2) is 48.5 Å². The molecule has 0 radical (unpaired) electrons. The van der Waals surface area contributed by atoms with Crippen molar-refractivity contribution in [3.8, 4) is 11.5 Å². The third-order valence-electron chi connectivity index (χ3n) is 15.0. The Bertz CT molecular complexity index is 2810. The van der Waals surface area contributed by atoms with Gasteiger partial charge in [0.25, 0.3) is 0 Å². The Balaban J connectivity index is 2.33. The third kappa shape index (κ3) is 27.4. The predicted octanol–water partition coefficient (Wildman–Crippen LogP) is -2.96. The summed E-state index contributed by atoms with van der Waals surface area (Å²) in [5, 5.41) is 73.8. The van der Waals surface area contributed by atoms with Gasteiger partial charge in [-0.05, 0) is 97.7 Å². The Morgan fingerprint density at radius 1 is 0.473 bits per heavy atom. The molecule has 2 rings (SSSR count). The van der Waals surface area contributed by atoms with Crippen LogP contribution < -0.4 is 70.4 Å². The van der Waals surface area contributed by atoms with Gasteiger partial charge >= 0.3 is 11.9 Å². The number of amides is 11. The zero-order chi connectivity index (χ0) is 68.8. The smallest absolute Gasteiger partial charge is 0.326 e. The summed E-state index contributed by atoms with van der Waals surface area (Å²) >= 11 is 0. The van der Waals surface area contributed by atoms with E-state index in [0.717, 1.165) is 0 Å². The average molecular weight is 1280 g/mol. The summed E-state index contributed by atoms with van der Waals surface area (Å²) in [6.45, 7) is 11.1. The quantitative estimate of drug-likeness (QED) is 0.0296. The number of nitrogens with two attached hydrogens (primary N) is 3. The number of carboxylic acids is 2. The zero-order valence-corrected chi connectivity index (χ0v) is 52.7. The van der Waals surface area contributed by atoms with Crippen molar-refractivity contribution in [2.75, 3.05) is 19.7 Å². The van der Waals surface area contributed by atoms with E-state index < -0.39 is 193 Å². The molecule has 2 aromatic rings. The lowest BCUT2D eigenvalue weighted by atomic mass is 9.97. The van der Waals surface area contributed by atoms with E-state index in [4.69, 9.17) is 17.2 Å². The second-order valence-corrected chi connectivity index (χ2v) is 23.0. The molecule has 0 aromatic heterocycles. The van der Waals surface area contributed by atoms with Gasteiger partial charge in [0.2, 0.25) is 65.0 Å². The summed E-state index contributed by atoms with van der Waals surface area (Å²) in [5.74, 6) is -16.1. The predicted molar refractivity (Wildman–Crippen MR) is 329 cm³/mol. The van der Waals surface area contributed by atoms with Gasteiger partial charge in [-0.1, -0.05) is 92.5 Å². The third-order valence-corrected chi connectivity index (χ3v) is 15.0. The van der Waals surface area contributed by atoms with Crippen LogP contribution in [0.5, 0.6) is 11.5 Å². The fourth-order valence-corrected chi connectivity index (χ4v) is 9.03. The Hall–Kier alpha value is -8.97. The molecular formula is C60H93N13O18. The van der Waals surface area contributed by atoms with E-state index in [1.165, 1.54) is 48.5 Å². The zero-order valence-electron chi connectivity index (χ0n) is 52.7. The first-order chi connectivity index (χ1) is 42.8. The highest BCUT2D eigenvalue weighted by atomic mass is 16.4. The van der Waals surface area contributed by atoms with Gasteiger partial charge in [0.05, 0.1) is 25.6 Å². The lowest BCUT2D eigenvalue weighted by molar-refractivity contribution is -0.144. The van der Waals surface area contributed by atoms with Crippen molar-refractivity contribution in [2.45, 2.75) is 180 Å². The van der Waals surface area contributed by atoms with Crippen molar-refractivity contribution in [1.29, 1.82) is 0 Å². The van der Waals surface area contributed by atoms with Gasteiger partial charge in [-0.15, -0.1) is 0 Å². The molecule has 2 aromatic carbocycles. The van der Waals surface area contributed by atoms with Crippen LogP contribution in [0.4, 0.5) is 0 Å². The number of aliphatic carboxylic acids is 2. The lowest BCUT2D eigenvalue weighted by Gasteiger charge is -2.29. The molecule has 506 valence electrons. The molecule has 0 saturated carbocycles. The molecule has 21 N–H and O–H groups in total. The number of hydrogen-bond acceptors (Lipinski definition) is 18. The second-order valence-electron chi connectivity index (χ2n) is 23.0. The lowest BCUT2D eigenvalue weighted by Crippen LogP contribution is -2.61. The molecule has 31 nitrogen and oxygen atoms in total. The summed E-state index contributed by atoms with van der Waals surface area (Å²) in [6, 6.07) is -3.39. The summed E-state index contributed by atoms with van der Waals surface area (Å²) in [6.07, 6.45) is -0.773. The Morgan fingerprint density at radius 3 is 1.35 bits per heavy atom. The number of rotatable bonds is 41. The first-order valence-electron chi connectivity index (χ1n) is 30.1. The SMILES string of the molecule is CC[C@H](C)[C@H](NC(=O)[C@H](CCCCN)NC(=O)[C@@H](NC(=O)[C@H](CO)NC(=O)[C@H](CCC(=O)O)NC(=O)[C@@H](NC(=O)CNC(=O)[C@H](Cc1ccc(O)cc1)NC(=O)[C@@H](NC(=O)[C@H](CC(N)=O)NC(=O)[C@@H](N)Cc1ccc(O)cc1)C(C)C)[C@@H](C)CC)C(C)C)C(=O)O. The summed E-state index contributed by atoms with van der Waals surface area (Å²) in [7, 11) is 0. The van der Waals surface area contributed by atoms with Crippen molar-refractivity contribution in [3.05, 3.63) is 59.7 Å². The molecule has 12 atom stereocenters. The number of nitrogens with one attached hydrogen (secondary N) is 10. The molecular weight excluding hydrogens is 1190 g/mol. The number of phenolic OH excluding ortho intramolecular Hbond substituents is 2. The molecule has 0 heterocycles. The molecule has 0 bridgehead atoms. The van der Waals surface area contributed by atoms with Crippen molar-refractivity contribution in [1.82, 2.24) is 53.2 Å². The van der Waals surface area contributed by atoms with Crippen LogP contribution in [0.2, 0.25) is 0 Å². The standard InChI is InChI=1S/C60H93N13O18/c1-9-32(7)49(59(89)66-40(22-23-46(79)80)53(83)69-43(29-74)56(86)72-47(30(3)4)57(87)65-39(13-11-12-24-61)54(84)73-50(60(90)91)33(8)10-2)70-45(78)28-64-52(82)41(26-35-16-20-37(76)21-17-35)68-58(88)48(31(5)6)71-55(85)42(27-44(63)77)67-51(81)38(62)25-34-14-18-36(75)19-15-34/h14-21,30-33,38-43,47-50,74-76H,9-13,22-29,61-62H2,1-8H3,(H2,63,77)(H,64,82)(H,65,87)(H,66,89)(H,67,81)(H,68,88)(H,69,83)(H,70,78)(H,71,85)(H,72,86)(H,73,84)(H,79,80)(H,90,91)/t32-,33-,38-,39-,40-,41-,42-,43-,47-,48-,49-,50-/m0/s1. The number of carboxylic acid groups (broad SMARTS) is 2. The molecule has 0 fully saturated rings. The van der Waals surface area contributed by atoms with Gasteiger partial charge in [0.15, 0.2) is 0 Å². The molecule has 0 aliphatic rings. The van der Waals surface area contributed by atoms with E-state index in [1.54, 1.807) is 55.4 Å². The highest BCUT2D eigenvalue weighted by Crippen LogP contribution is 2.16. The van der Waals surface area contributed by atoms with Crippen LogP contribution in [0.1, 0.15) is 118 Å². The maximum Gasteiger partial charge on any atom is 0.326 e. The van der Waals surface area contributed by atoms with Crippen LogP contribution in [0.3, 0.4) is 0 Å². The van der Waals surface area contributed by atoms with Crippen molar-refractivity contribution < 1.29 is 87.9 Å². The molecule has 91 heavy (non-hydrogen) atoms. The Kier molecular flexibility index (Phi) is 33.7. The summed E-state index contributed by atoms with van der Waals surface area (Å²) in [5.41, 5.74) is 18.1. The molecule has 0 aliphatic heterocycles. The van der Waals surface area contributed by atoms with E-state index in [9.17, 15) is 87.9 Å². The number of hydrogen-bond donors (Lipinski definition) is 18. The van der Waals surface area contributed by atoms with Gasteiger partial charge in [0, 0.05) is 12.8 Å². The van der Waals surface area contributed by atoms with Gasteiger partial charge in [-0.25, -0.2) is 4.79 Å². The summed E-state index contributed by atoms with van der Waals surface area (Å²) in [4.78, 5) is 174. The van der Waals surface area contributed by atoms with Gasteiger partial charge < -0.3 is 95.9 Å². The number of primary amides is 1. The van der Waals surface area contributed by atoms with E-state index in [0.29, 0.717) is 30.4 Å². The average Bonchev–Trinajstić information content (AvgIpc) is 1.69. The number of carbonyl (C=O) groups is 13. The topological polar surface area (TPSA) is 521 Å². The highest BCUT2D eigenvalue weighted by Gasteiger charge is 2.37. The van der Waals surface area contributed by atoms with E-state index in [1.807, 2.05) is 0 Å². The second kappa shape index (κ2) is 39.2. The Morgan fingerprint density at radius 2 is 0.890 bits per heavy atom. The van der Waals surface area contributed by atoms with Crippen LogP contribution in [0, 0.1) is 23.7 Å². The minimum Gasteiger partial charge on any atom is -0.508 e. The minimum atomic E-state index is -1.82. The first kappa shape index (κ1) is 78.1. The summed E-state index contributed by atoms with van der Waals surface area (Å²) < 4.78 is 0. The number of benzene rings is 2. The number of aromatic hydroxyl groups is 2. The number of unbranched alkanes of at least 4 members (excludes halogenated alkanes) is 1. The normalized spacial score (nSPS) is 15.1. The molecule has 0 aliphatic carbocycles. The van der Waals surface area contributed by atoms with Gasteiger partial charge in [0.1, 0.15) is 65.9 Å². The van der Waals surface area contributed by atoms with Crippen molar-refractivity contribution >= 4 is 76.9 Å². The van der Waals surface area contributed by atoms with Crippen molar-refractivity contribution in [3.63, 3.8) is 0 Å². The molecule has 0 unspecified atom stereocenters. The highest BCUT2D eigenvalue weighted by molar-refractivity contribution is 5.99. The van der Waals surface area contributed by atoms with Crippen LogP contribution >= 0.6 is 0 Å². The van der Waals surface area contributed by atoms with Crippen molar-refractivity contribution in [2.24, 2.45) is 40.9 Å². The molecule has 11 amide bonds. The van der Waals surface area contributed by atoms with Crippen LogP contribution in [-0.2, 0) is 75.2 Å². The molecule has 0 saturated heterocycles. The number of aliphatic hydroxyl groups excluding tert-OH is 1. The largest absolute Gasteiger partial charge is 0.508 e. The minimum absolute atomic E-state index is 0.0239. The fourth-order valence-electron chi connectivity index (χ4n) is 9.03. The number of carbonyl (C=O) groups excluding carboxylic acids is 11. The Labute approximate surface area is 528 Å². The monoisotopic (exact) mass is 1280 g/mol. The number of phenols is 2. The number of aliphatic hydroxyl groups is 1. The van der Waals surface area contributed by atoms with Gasteiger partial charge in [-0.3, -0.25) is 57.5 Å². The van der Waals surface area contributed by atoms with Crippen LogP contribution in [0.25, 0.3) is 0 Å². The van der Waals surface area contributed by atoms with Gasteiger partial charge in [-0.2, -0.15) is 0 Å². The van der Waals surface area contributed by atoms with E-state index in [-0.39, 0.29) is 43.7 Å². The van der Waals surface area contributed by atoms with E-state index >= 15 is 0 Å². The molecule has 0 spiro atoms. The van der Waals surface area contributed by atoms with E-state index in [2.05, 4.69) is 53.2 Å². The first-order valence-corrected chi connectivity index (χ1v) is 30.1. The maximum absolute atomic E-state index is 14.1. The molecule has 31 heteroatoms. The fraction of sp³-hybridized carbons (Fsp3) is 0.583.